The van der Waals surface area contributed by atoms with E-state index in [2.05, 4.69) is 0 Å². The van der Waals surface area contributed by atoms with Crippen LogP contribution in [0.25, 0.3) is 0 Å². The van der Waals surface area contributed by atoms with E-state index >= 15 is 0 Å². The van der Waals surface area contributed by atoms with Crippen molar-refractivity contribution < 1.29 is 28.6 Å². The number of cyclic esters (lactones) is 1. The van der Waals surface area contributed by atoms with Crippen LogP contribution in [-0.4, -0.2) is 17.9 Å². The number of hydrogen-bond donors (Lipinski definition) is 0. The number of rotatable bonds is 8. The number of fused-ring (bicyclic) bond motifs is 1. The third-order valence-electron chi connectivity index (χ3n) is 6.32. The van der Waals surface area contributed by atoms with Crippen molar-refractivity contribution in [1.29, 1.82) is 0 Å². The Balaban J connectivity index is 1.91. The fraction of sp³-hybridized carbons (Fsp3) is 0.300. The molecule has 0 saturated heterocycles. The SMILES string of the molecule is CCCC(=O)Oc1cc(C2(c3ccc(C)c(OC(=O)CCC)c3)OC(=O)c3ccccc32)ccc1C. The standard InChI is InChI=1S/C30H30O6/c1-5-9-27(31)34-25-17-21(15-13-19(25)3)30(24-12-8-7-11-23(24)29(33)36-30)22-16-14-20(4)26(18-22)35-28(32)10-6-2/h7-8,11-18H,5-6,9-10H2,1-4H3. The first-order valence-electron chi connectivity index (χ1n) is 12.3. The van der Waals surface area contributed by atoms with Crippen LogP contribution in [0.3, 0.4) is 0 Å². The average Bonchev–Trinajstić information content (AvgIpc) is 3.16. The van der Waals surface area contributed by atoms with Crippen molar-refractivity contribution in [3.8, 4) is 11.5 Å². The van der Waals surface area contributed by atoms with E-state index in [-0.39, 0.29) is 11.9 Å². The number of carbonyl (C=O) groups excluding carboxylic acids is 3. The molecule has 0 unspecified atom stereocenters. The number of ether oxygens (including phenoxy) is 3. The minimum absolute atomic E-state index is 0.303. The Bertz CT molecular complexity index is 1250. The van der Waals surface area contributed by atoms with Crippen molar-refractivity contribution in [2.24, 2.45) is 0 Å². The second kappa shape index (κ2) is 10.4. The molecule has 1 heterocycles. The second-order valence-corrected chi connectivity index (χ2v) is 9.02. The maximum Gasteiger partial charge on any atom is 0.340 e. The molecule has 0 aromatic heterocycles. The molecule has 1 aliphatic heterocycles. The first-order valence-corrected chi connectivity index (χ1v) is 12.3. The number of carbonyl (C=O) groups is 3. The Morgan fingerprint density at radius 1 is 0.778 bits per heavy atom. The highest BCUT2D eigenvalue weighted by Crippen LogP contribution is 2.48. The van der Waals surface area contributed by atoms with Crippen LogP contribution in [0.1, 0.15) is 77.7 Å². The Morgan fingerprint density at radius 3 is 1.78 bits per heavy atom. The van der Waals surface area contributed by atoms with E-state index in [1.165, 1.54) is 0 Å². The largest absolute Gasteiger partial charge is 0.441 e. The number of aryl methyl sites for hydroxylation is 2. The molecule has 0 bridgehead atoms. The predicted octanol–water partition coefficient (Wildman–Crippen LogP) is 6.18. The van der Waals surface area contributed by atoms with Gasteiger partial charge in [-0.15, -0.1) is 0 Å². The molecule has 1 aliphatic rings. The molecule has 0 N–H and O–H groups in total. The normalized spacial score (nSPS) is 13.6. The smallest absolute Gasteiger partial charge is 0.340 e. The van der Waals surface area contributed by atoms with Gasteiger partial charge in [0.15, 0.2) is 5.60 Å². The van der Waals surface area contributed by atoms with Crippen LogP contribution >= 0.6 is 0 Å². The summed E-state index contributed by atoms with van der Waals surface area (Å²) in [5.74, 6) is -0.284. The maximum absolute atomic E-state index is 13.1. The van der Waals surface area contributed by atoms with E-state index in [0.717, 1.165) is 11.1 Å². The van der Waals surface area contributed by atoms with E-state index < -0.39 is 11.6 Å². The van der Waals surface area contributed by atoms with Gasteiger partial charge in [-0.3, -0.25) is 9.59 Å². The molecule has 6 heteroatoms. The lowest BCUT2D eigenvalue weighted by Crippen LogP contribution is -2.30. The van der Waals surface area contributed by atoms with Gasteiger partial charge in [0.25, 0.3) is 0 Å². The van der Waals surface area contributed by atoms with E-state index in [0.29, 0.717) is 59.4 Å². The van der Waals surface area contributed by atoms with Crippen molar-refractivity contribution in [1.82, 2.24) is 0 Å². The fourth-order valence-corrected chi connectivity index (χ4v) is 4.43. The monoisotopic (exact) mass is 486 g/mol. The quantitative estimate of drug-likeness (QED) is 0.280. The third kappa shape index (κ3) is 4.63. The molecule has 3 aromatic carbocycles. The van der Waals surface area contributed by atoms with Gasteiger partial charge in [0.1, 0.15) is 11.5 Å². The van der Waals surface area contributed by atoms with Crippen molar-refractivity contribution in [3.63, 3.8) is 0 Å². The highest BCUT2D eigenvalue weighted by atomic mass is 16.6. The Kier molecular flexibility index (Phi) is 7.25. The summed E-state index contributed by atoms with van der Waals surface area (Å²) < 4.78 is 17.5. The summed E-state index contributed by atoms with van der Waals surface area (Å²) in [6, 6.07) is 18.1. The molecule has 0 atom stereocenters. The lowest BCUT2D eigenvalue weighted by Gasteiger charge is -2.31. The molecule has 4 rings (SSSR count). The van der Waals surface area contributed by atoms with Crippen LogP contribution in [-0.2, 0) is 19.9 Å². The van der Waals surface area contributed by atoms with Crippen LogP contribution in [0.2, 0.25) is 0 Å². The molecule has 0 amide bonds. The molecule has 36 heavy (non-hydrogen) atoms. The molecule has 0 fully saturated rings. The van der Waals surface area contributed by atoms with Gasteiger partial charge < -0.3 is 14.2 Å². The minimum atomic E-state index is -1.31. The molecular formula is C30H30O6. The molecule has 0 aliphatic carbocycles. The molecule has 6 nitrogen and oxygen atoms in total. The zero-order chi connectivity index (χ0) is 25.9. The molecule has 0 saturated carbocycles. The first kappa shape index (κ1) is 25.2. The molecule has 0 spiro atoms. The summed E-state index contributed by atoms with van der Waals surface area (Å²) in [5, 5.41) is 0. The van der Waals surface area contributed by atoms with Gasteiger partial charge in [-0.1, -0.05) is 56.3 Å². The van der Waals surface area contributed by atoms with Gasteiger partial charge in [-0.25, -0.2) is 4.79 Å². The highest BCUT2D eigenvalue weighted by Gasteiger charge is 2.49. The minimum Gasteiger partial charge on any atom is -0.441 e. The molecule has 3 aromatic rings. The predicted molar refractivity (Wildman–Crippen MR) is 135 cm³/mol. The zero-order valence-electron chi connectivity index (χ0n) is 21.1. The van der Waals surface area contributed by atoms with Gasteiger partial charge in [-0.05, 0) is 56.0 Å². The molecule has 0 radical (unpaired) electrons. The van der Waals surface area contributed by atoms with Gasteiger partial charge in [-0.2, -0.15) is 0 Å². The summed E-state index contributed by atoms with van der Waals surface area (Å²) in [6.07, 6.45) is 1.96. The maximum atomic E-state index is 13.1. The van der Waals surface area contributed by atoms with E-state index in [9.17, 15) is 14.4 Å². The Morgan fingerprint density at radius 2 is 1.28 bits per heavy atom. The Hall–Kier alpha value is -3.93. The Labute approximate surface area is 211 Å². The first-order chi connectivity index (χ1) is 17.3. The highest BCUT2D eigenvalue weighted by molar-refractivity contribution is 5.96. The second-order valence-electron chi connectivity index (χ2n) is 9.02. The summed E-state index contributed by atoms with van der Waals surface area (Å²) >= 11 is 0. The van der Waals surface area contributed by atoms with Gasteiger partial charge in [0, 0.05) is 29.5 Å². The van der Waals surface area contributed by atoms with Gasteiger partial charge in [0.05, 0.1) is 5.56 Å². The van der Waals surface area contributed by atoms with Crippen LogP contribution in [0.5, 0.6) is 11.5 Å². The van der Waals surface area contributed by atoms with Crippen LogP contribution in [0.4, 0.5) is 0 Å². The van der Waals surface area contributed by atoms with Crippen molar-refractivity contribution in [2.45, 2.75) is 59.0 Å². The van der Waals surface area contributed by atoms with Crippen molar-refractivity contribution in [3.05, 3.63) is 94.0 Å². The summed E-state index contributed by atoms with van der Waals surface area (Å²) in [4.78, 5) is 37.6. The van der Waals surface area contributed by atoms with Crippen LogP contribution in [0, 0.1) is 13.8 Å². The number of hydrogen-bond acceptors (Lipinski definition) is 6. The van der Waals surface area contributed by atoms with Gasteiger partial charge >= 0.3 is 17.9 Å². The summed E-state index contributed by atoms with van der Waals surface area (Å²) in [7, 11) is 0. The van der Waals surface area contributed by atoms with Gasteiger partial charge in [0.2, 0.25) is 0 Å². The average molecular weight is 487 g/mol. The summed E-state index contributed by atoms with van der Waals surface area (Å²) in [6.45, 7) is 7.54. The van der Waals surface area contributed by atoms with Crippen LogP contribution < -0.4 is 9.47 Å². The van der Waals surface area contributed by atoms with E-state index in [1.807, 2.05) is 64.1 Å². The number of esters is 3. The van der Waals surface area contributed by atoms with E-state index in [1.54, 1.807) is 24.3 Å². The molecule has 186 valence electrons. The van der Waals surface area contributed by atoms with Crippen LogP contribution in [0.15, 0.2) is 60.7 Å². The van der Waals surface area contributed by atoms with E-state index in [4.69, 9.17) is 14.2 Å². The third-order valence-corrected chi connectivity index (χ3v) is 6.32. The topological polar surface area (TPSA) is 78.9 Å². The lowest BCUT2D eigenvalue weighted by atomic mass is 9.79. The zero-order valence-corrected chi connectivity index (χ0v) is 21.1. The number of benzene rings is 3. The van der Waals surface area contributed by atoms with Crippen molar-refractivity contribution >= 4 is 17.9 Å². The van der Waals surface area contributed by atoms with Crippen molar-refractivity contribution in [2.75, 3.05) is 0 Å². The fourth-order valence-electron chi connectivity index (χ4n) is 4.43. The lowest BCUT2D eigenvalue weighted by molar-refractivity contribution is -0.135. The molecular weight excluding hydrogens is 456 g/mol. The summed E-state index contributed by atoms with van der Waals surface area (Å²) in [5.41, 5.74) is 2.63.